The van der Waals surface area contributed by atoms with Crippen LogP contribution in [-0.2, 0) is 4.79 Å². The van der Waals surface area contributed by atoms with Crippen molar-refractivity contribution in [3.63, 3.8) is 0 Å². The highest BCUT2D eigenvalue weighted by atomic mass is 16.2. The van der Waals surface area contributed by atoms with Crippen LogP contribution in [0.4, 0.5) is 0 Å². The van der Waals surface area contributed by atoms with E-state index in [2.05, 4.69) is 4.98 Å². The zero-order chi connectivity index (χ0) is 11.5. The lowest BCUT2D eigenvalue weighted by Gasteiger charge is -2.25. The molecule has 2 rings (SSSR count). The third kappa shape index (κ3) is 2.27. The Hall–Kier alpha value is -1.71. The van der Waals surface area contributed by atoms with Crippen molar-refractivity contribution in [2.24, 2.45) is 0 Å². The number of nitrogens with zero attached hydrogens (tertiary/aromatic N) is 2. The van der Waals surface area contributed by atoms with E-state index in [4.69, 9.17) is 0 Å². The Labute approximate surface area is 94.3 Å². The molecule has 0 spiro atoms. The van der Waals surface area contributed by atoms with Crippen LogP contribution in [0.25, 0.3) is 0 Å². The van der Waals surface area contributed by atoms with Crippen molar-refractivity contribution in [1.82, 2.24) is 9.88 Å². The van der Waals surface area contributed by atoms with E-state index in [0.29, 0.717) is 18.7 Å². The third-order valence-electron chi connectivity index (χ3n) is 2.65. The molecule has 0 radical (unpaired) electrons. The summed E-state index contributed by atoms with van der Waals surface area (Å²) in [5, 5.41) is 0. The van der Waals surface area contributed by atoms with Gasteiger partial charge in [0.2, 0.25) is 0 Å². The minimum Gasteiger partial charge on any atom is -0.330 e. The van der Waals surface area contributed by atoms with E-state index in [1.165, 1.54) is 0 Å². The van der Waals surface area contributed by atoms with Gasteiger partial charge < -0.3 is 4.90 Å². The lowest BCUT2D eigenvalue weighted by Crippen LogP contribution is -2.40. The van der Waals surface area contributed by atoms with Crippen molar-refractivity contribution < 1.29 is 9.59 Å². The van der Waals surface area contributed by atoms with Crippen molar-refractivity contribution in [2.75, 3.05) is 13.1 Å². The standard InChI is InChI=1S/C12H14N2O2/c1-9-4-2-6-11(13-9)12(16)14-7-3-5-10(15)8-14/h2,4,6H,3,5,7-8H2,1H3. The fourth-order valence-electron chi connectivity index (χ4n) is 1.84. The molecule has 0 bridgehead atoms. The Morgan fingerprint density at radius 3 is 2.94 bits per heavy atom. The summed E-state index contributed by atoms with van der Waals surface area (Å²) in [7, 11) is 0. The maximum absolute atomic E-state index is 12.0. The minimum absolute atomic E-state index is 0.132. The lowest BCUT2D eigenvalue weighted by molar-refractivity contribution is -0.121. The van der Waals surface area contributed by atoms with Gasteiger partial charge in [0, 0.05) is 18.7 Å². The number of carbonyl (C=O) groups excluding carboxylic acids is 2. The summed E-state index contributed by atoms with van der Waals surface area (Å²) < 4.78 is 0. The van der Waals surface area contributed by atoms with Gasteiger partial charge in [0.1, 0.15) is 5.69 Å². The predicted octanol–water partition coefficient (Wildman–Crippen LogP) is 1.20. The number of carbonyl (C=O) groups is 2. The van der Waals surface area contributed by atoms with Gasteiger partial charge in [-0.15, -0.1) is 0 Å². The Balaban J connectivity index is 2.15. The van der Waals surface area contributed by atoms with Crippen LogP contribution in [0.1, 0.15) is 29.0 Å². The SMILES string of the molecule is Cc1cccc(C(=O)N2CCCC(=O)C2)n1. The molecule has 1 amide bonds. The second-order valence-corrected chi connectivity index (χ2v) is 4.03. The molecule has 0 saturated carbocycles. The number of amides is 1. The van der Waals surface area contributed by atoms with Crippen LogP contribution in [0.2, 0.25) is 0 Å². The molecule has 1 fully saturated rings. The van der Waals surface area contributed by atoms with Gasteiger partial charge in [0.15, 0.2) is 5.78 Å². The van der Waals surface area contributed by atoms with Crippen LogP contribution < -0.4 is 0 Å². The van der Waals surface area contributed by atoms with Gasteiger partial charge in [-0.2, -0.15) is 0 Å². The molecule has 1 aliphatic heterocycles. The number of aromatic nitrogens is 1. The highest BCUT2D eigenvalue weighted by molar-refractivity contribution is 5.95. The van der Waals surface area contributed by atoms with Crippen LogP contribution in [0.5, 0.6) is 0 Å². The van der Waals surface area contributed by atoms with E-state index in [1.807, 2.05) is 13.0 Å². The highest BCUT2D eigenvalue weighted by Crippen LogP contribution is 2.10. The molecule has 0 unspecified atom stereocenters. The molecule has 0 N–H and O–H groups in total. The average Bonchev–Trinajstić information content (AvgIpc) is 2.28. The van der Waals surface area contributed by atoms with Gasteiger partial charge in [-0.05, 0) is 25.5 Å². The van der Waals surface area contributed by atoms with Crippen molar-refractivity contribution >= 4 is 11.7 Å². The largest absolute Gasteiger partial charge is 0.330 e. The summed E-state index contributed by atoms with van der Waals surface area (Å²) in [6.07, 6.45) is 1.35. The van der Waals surface area contributed by atoms with Crippen molar-refractivity contribution in [3.8, 4) is 0 Å². The van der Waals surface area contributed by atoms with E-state index < -0.39 is 0 Å². The summed E-state index contributed by atoms with van der Waals surface area (Å²) in [4.78, 5) is 29.0. The van der Waals surface area contributed by atoms with Crippen LogP contribution in [0.3, 0.4) is 0 Å². The van der Waals surface area contributed by atoms with E-state index in [0.717, 1.165) is 12.1 Å². The Morgan fingerprint density at radius 2 is 2.25 bits per heavy atom. The van der Waals surface area contributed by atoms with Gasteiger partial charge in [0.05, 0.1) is 6.54 Å². The molecule has 0 aromatic carbocycles. The number of Topliss-reactive ketones (excluding diaryl/α,β-unsaturated/α-hetero) is 1. The molecule has 1 aromatic heterocycles. The van der Waals surface area contributed by atoms with Crippen LogP contribution >= 0.6 is 0 Å². The number of pyridine rings is 1. The molecule has 0 aliphatic carbocycles. The van der Waals surface area contributed by atoms with Crippen LogP contribution in [0, 0.1) is 6.92 Å². The molecule has 2 heterocycles. The number of aryl methyl sites for hydroxylation is 1. The summed E-state index contributed by atoms with van der Waals surface area (Å²) in [6.45, 7) is 2.73. The molecule has 84 valence electrons. The van der Waals surface area contributed by atoms with Gasteiger partial charge in [-0.1, -0.05) is 6.07 Å². The molecule has 4 nitrogen and oxygen atoms in total. The molecule has 16 heavy (non-hydrogen) atoms. The Kier molecular flexibility index (Phi) is 2.99. The third-order valence-corrected chi connectivity index (χ3v) is 2.65. The van der Waals surface area contributed by atoms with Gasteiger partial charge in [0.25, 0.3) is 5.91 Å². The topological polar surface area (TPSA) is 50.3 Å². The molecule has 1 saturated heterocycles. The van der Waals surface area contributed by atoms with Gasteiger partial charge >= 0.3 is 0 Å². The van der Waals surface area contributed by atoms with E-state index >= 15 is 0 Å². The van der Waals surface area contributed by atoms with Gasteiger partial charge in [-0.3, -0.25) is 9.59 Å². The summed E-state index contributed by atoms with van der Waals surface area (Å²) in [5.74, 6) is -0.0102. The molecule has 4 heteroatoms. The Morgan fingerprint density at radius 1 is 1.44 bits per heavy atom. The predicted molar refractivity (Wildman–Crippen MR) is 59.1 cm³/mol. The molecule has 0 atom stereocenters. The second kappa shape index (κ2) is 4.43. The average molecular weight is 218 g/mol. The first-order valence-corrected chi connectivity index (χ1v) is 5.41. The first-order chi connectivity index (χ1) is 7.66. The second-order valence-electron chi connectivity index (χ2n) is 4.03. The quantitative estimate of drug-likeness (QED) is 0.711. The molecular formula is C12H14N2O2. The van der Waals surface area contributed by atoms with E-state index in [1.54, 1.807) is 17.0 Å². The van der Waals surface area contributed by atoms with Crippen LogP contribution in [0.15, 0.2) is 18.2 Å². The fourth-order valence-corrected chi connectivity index (χ4v) is 1.84. The summed E-state index contributed by atoms with van der Waals surface area (Å²) in [5.41, 5.74) is 1.24. The maximum atomic E-state index is 12.0. The molecule has 1 aliphatic rings. The van der Waals surface area contributed by atoms with Crippen molar-refractivity contribution in [2.45, 2.75) is 19.8 Å². The van der Waals surface area contributed by atoms with Crippen molar-refractivity contribution in [1.29, 1.82) is 0 Å². The first kappa shape index (κ1) is 10.8. The maximum Gasteiger partial charge on any atom is 0.272 e. The molecule has 1 aromatic rings. The van der Waals surface area contributed by atoms with Crippen LogP contribution in [-0.4, -0.2) is 34.7 Å². The van der Waals surface area contributed by atoms with Crippen molar-refractivity contribution in [3.05, 3.63) is 29.6 Å². The fraction of sp³-hybridized carbons (Fsp3) is 0.417. The summed E-state index contributed by atoms with van der Waals surface area (Å²) >= 11 is 0. The normalized spacial score (nSPS) is 16.3. The lowest BCUT2D eigenvalue weighted by atomic mass is 10.1. The number of hydrogen-bond donors (Lipinski definition) is 0. The zero-order valence-electron chi connectivity index (χ0n) is 9.27. The van der Waals surface area contributed by atoms with Gasteiger partial charge in [-0.25, -0.2) is 4.98 Å². The Bertz CT molecular complexity index is 429. The first-order valence-electron chi connectivity index (χ1n) is 5.41. The van der Waals surface area contributed by atoms with E-state index in [9.17, 15) is 9.59 Å². The number of piperidine rings is 1. The van der Waals surface area contributed by atoms with E-state index in [-0.39, 0.29) is 18.2 Å². The number of hydrogen-bond acceptors (Lipinski definition) is 3. The number of ketones is 1. The molecular weight excluding hydrogens is 204 g/mol. The number of rotatable bonds is 1. The zero-order valence-corrected chi connectivity index (χ0v) is 9.27. The highest BCUT2D eigenvalue weighted by Gasteiger charge is 2.23. The number of likely N-dealkylation sites (tertiary alicyclic amines) is 1. The minimum atomic E-state index is -0.142. The monoisotopic (exact) mass is 218 g/mol. The summed E-state index contributed by atoms with van der Waals surface area (Å²) in [6, 6.07) is 5.34. The smallest absolute Gasteiger partial charge is 0.272 e.